The molecule has 1 amide bonds. The molecule has 1 saturated heterocycles. The molecule has 1 aromatic carbocycles. The number of carbonyl (C=O) groups is 1. The van der Waals surface area contributed by atoms with E-state index in [0.717, 1.165) is 42.5 Å². The van der Waals surface area contributed by atoms with Crippen LogP contribution in [0.4, 0.5) is 0 Å². The number of nitrogens with one attached hydrogen (secondary N) is 1. The number of carbonyl (C=O) groups excluding carboxylic acids is 1. The van der Waals surface area contributed by atoms with Crippen molar-refractivity contribution in [2.75, 3.05) is 20.3 Å². The van der Waals surface area contributed by atoms with Crippen LogP contribution in [0, 0.1) is 0 Å². The Kier molecular flexibility index (Phi) is 5.48. The van der Waals surface area contributed by atoms with E-state index in [0.29, 0.717) is 30.4 Å². The number of nitrogens with zero attached hydrogens (tertiary/aromatic N) is 4. The van der Waals surface area contributed by atoms with E-state index in [1.165, 1.54) is 5.56 Å². The minimum Gasteiger partial charge on any atom is -0.379 e. The van der Waals surface area contributed by atoms with Crippen LogP contribution < -0.4 is 5.32 Å². The summed E-state index contributed by atoms with van der Waals surface area (Å²) in [6.45, 7) is 1.42. The number of hydrogen-bond acceptors (Lipinski definition) is 6. The Bertz CT molecular complexity index is 1100. The molecule has 1 aliphatic heterocycles. The van der Waals surface area contributed by atoms with E-state index in [1.54, 1.807) is 18.0 Å². The summed E-state index contributed by atoms with van der Waals surface area (Å²) in [5.74, 6) is 0.250. The van der Waals surface area contributed by atoms with Gasteiger partial charge in [-0.05, 0) is 36.8 Å². The van der Waals surface area contributed by atoms with Gasteiger partial charge in [0.25, 0.3) is 11.9 Å². The molecule has 160 valence electrons. The van der Waals surface area contributed by atoms with E-state index < -0.39 is 0 Å². The molecule has 2 aromatic heterocycles. The zero-order chi connectivity index (χ0) is 21.2. The third-order valence-electron chi connectivity index (χ3n) is 5.87. The molecule has 0 saturated carbocycles. The number of aromatic nitrogens is 4. The second-order valence-corrected chi connectivity index (χ2v) is 7.94. The normalized spacial score (nSPS) is 17.6. The summed E-state index contributed by atoms with van der Waals surface area (Å²) in [5.41, 5.74) is 5.59. The molecular formula is C23H25N5O3. The lowest BCUT2D eigenvalue weighted by molar-refractivity contribution is 0.0924. The molecule has 8 nitrogen and oxygen atoms in total. The molecule has 3 heterocycles. The summed E-state index contributed by atoms with van der Waals surface area (Å²) in [6.07, 6.45) is 7.28. The van der Waals surface area contributed by atoms with Crippen molar-refractivity contribution in [3.05, 3.63) is 59.0 Å². The molecule has 0 radical (unpaired) electrons. The number of rotatable bonds is 5. The Morgan fingerprint density at radius 3 is 2.97 bits per heavy atom. The van der Waals surface area contributed by atoms with Crippen LogP contribution in [0.25, 0.3) is 17.2 Å². The van der Waals surface area contributed by atoms with Crippen LogP contribution in [0.15, 0.2) is 36.7 Å². The third-order valence-corrected chi connectivity index (χ3v) is 5.87. The van der Waals surface area contributed by atoms with Gasteiger partial charge < -0.3 is 14.8 Å². The van der Waals surface area contributed by atoms with Crippen molar-refractivity contribution in [1.82, 2.24) is 25.1 Å². The fourth-order valence-corrected chi connectivity index (χ4v) is 4.28. The molecule has 0 spiro atoms. The molecule has 1 atom stereocenters. The number of ether oxygens (including phenoxy) is 2. The minimum absolute atomic E-state index is 0.0199. The van der Waals surface area contributed by atoms with Crippen LogP contribution >= 0.6 is 0 Å². The first-order chi connectivity index (χ1) is 15.2. The second-order valence-electron chi connectivity index (χ2n) is 7.94. The molecule has 3 aromatic rings. The molecule has 8 heteroatoms. The summed E-state index contributed by atoms with van der Waals surface area (Å²) < 4.78 is 12.3. The lowest BCUT2D eigenvalue weighted by atomic mass is 10.0. The fourth-order valence-electron chi connectivity index (χ4n) is 4.28. The van der Waals surface area contributed by atoms with Crippen molar-refractivity contribution in [3.63, 3.8) is 0 Å². The number of hydrogen-bond donors (Lipinski definition) is 1. The van der Waals surface area contributed by atoms with Gasteiger partial charge in [-0.3, -0.25) is 4.79 Å². The molecule has 1 fully saturated rings. The van der Waals surface area contributed by atoms with Crippen LogP contribution in [0.5, 0.6) is 0 Å². The van der Waals surface area contributed by atoms with E-state index in [1.807, 2.05) is 12.3 Å². The molecule has 0 unspecified atom stereocenters. The molecule has 1 N–H and O–H groups in total. The summed E-state index contributed by atoms with van der Waals surface area (Å²) in [7, 11) is 1.60. The third kappa shape index (κ3) is 3.84. The average Bonchev–Trinajstić information content (AvgIpc) is 3.40. The zero-order valence-corrected chi connectivity index (χ0v) is 17.5. The van der Waals surface area contributed by atoms with Gasteiger partial charge in [0.1, 0.15) is 0 Å². The van der Waals surface area contributed by atoms with Crippen molar-refractivity contribution in [2.45, 2.75) is 38.3 Å². The van der Waals surface area contributed by atoms with Gasteiger partial charge in [-0.2, -0.15) is 9.78 Å². The van der Waals surface area contributed by atoms with Crippen LogP contribution in [0.1, 0.15) is 40.0 Å². The molecule has 1 aliphatic carbocycles. The molecular weight excluding hydrogens is 394 g/mol. The van der Waals surface area contributed by atoms with Crippen LogP contribution in [-0.4, -0.2) is 52.0 Å². The monoisotopic (exact) mass is 419 g/mol. The summed E-state index contributed by atoms with van der Waals surface area (Å²) >= 11 is 0. The Hall–Kier alpha value is -3.10. The van der Waals surface area contributed by atoms with E-state index in [4.69, 9.17) is 14.5 Å². The smallest absolute Gasteiger partial charge is 0.255 e. The Labute approximate surface area is 180 Å². The van der Waals surface area contributed by atoms with Gasteiger partial charge in [-0.1, -0.05) is 24.3 Å². The molecule has 5 rings (SSSR count). The highest BCUT2D eigenvalue weighted by Gasteiger charge is 2.25. The number of fused-ring (bicyclic) bond motifs is 3. The fraction of sp³-hybridized carbons (Fsp3) is 0.391. The van der Waals surface area contributed by atoms with Crippen molar-refractivity contribution in [1.29, 1.82) is 0 Å². The van der Waals surface area contributed by atoms with Crippen molar-refractivity contribution in [2.24, 2.45) is 0 Å². The zero-order valence-electron chi connectivity index (χ0n) is 17.5. The van der Waals surface area contributed by atoms with Gasteiger partial charge in [0.15, 0.2) is 0 Å². The predicted octanol–water partition coefficient (Wildman–Crippen LogP) is 2.48. The SMILES string of the molecule is COCc1c(C(=O)N[C@H]2CCOC2)cnn1-c1ncc2c(n1)-c1ccccc1CCC2. The van der Waals surface area contributed by atoms with Crippen LogP contribution in [0.3, 0.4) is 0 Å². The van der Waals surface area contributed by atoms with E-state index in [-0.39, 0.29) is 18.6 Å². The van der Waals surface area contributed by atoms with Gasteiger partial charge >= 0.3 is 0 Å². The molecule has 2 aliphatic rings. The lowest BCUT2D eigenvalue weighted by Gasteiger charge is -2.13. The highest BCUT2D eigenvalue weighted by atomic mass is 16.5. The summed E-state index contributed by atoms with van der Waals surface area (Å²) in [5, 5.41) is 7.46. The number of amides is 1. The van der Waals surface area contributed by atoms with Crippen molar-refractivity contribution >= 4 is 5.91 Å². The number of methoxy groups -OCH3 is 1. The maximum absolute atomic E-state index is 12.9. The van der Waals surface area contributed by atoms with E-state index >= 15 is 0 Å². The van der Waals surface area contributed by atoms with Crippen molar-refractivity contribution < 1.29 is 14.3 Å². The van der Waals surface area contributed by atoms with Crippen LogP contribution in [-0.2, 0) is 28.9 Å². The summed E-state index contributed by atoms with van der Waals surface area (Å²) in [6, 6.07) is 8.39. The number of benzene rings is 1. The largest absolute Gasteiger partial charge is 0.379 e. The Morgan fingerprint density at radius 1 is 1.26 bits per heavy atom. The topological polar surface area (TPSA) is 91.2 Å². The molecule has 31 heavy (non-hydrogen) atoms. The van der Waals surface area contributed by atoms with E-state index in [9.17, 15) is 4.79 Å². The minimum atomic E-state index is -0.186. The standard InChI is InChI=1S/C23H25N5O3/c1-30-14-20-19(22(29)26-17-9-10-31-13-17)12-25-28(20)23-24-11-16-7-4-6-15-5-2-3-8-18(15)21(16)27-23/h2-3,5,8,11-12,17H,4,6-7,9-10,13-14H2,1H3,(H,26,29)/t17-/m0/s1. The Balaban J connectivity index is 1.53. The first-order valence-electron chi connectivity index (χ1n) is 10.6. The van der Waals surface area contributed by atoms with Gasteiger partial charge in [0.2, 0.25) is 0 Å². The average molecular weight is 419 g/mol. The van der Waals surface area contributed by atoms with Gasteiger partial charge in [-0.25, -0.2) is 9.97 Å². The van der Waals surface area contributed by atoms with Gasteiger partial charge in [0, 0.05) is 25.5 Å². The maximum Gasteiger partial charge on any atom is 0.255 e. The first kappa shape index (κ1) is 19.8. The maximum atomic E-state index is 12.9. The van der Waals surface area contributed by atoms with Crippen LogP contribution in [0.2, 0.25) is 0 Å². The lowest BCUT2D eigenvalue weighted by Crippen LogP contribution is -2.35. The highest BCUT2D eigenvalue weighted by Crippen LogP contribution is 2.31. The predicted molar refractivity (Wildman–Crippen MR) is 114 cm³/mol. The molecule has 0 bridgehead atoms. The Morgan fingerprint density at radius 2 is 2.13 bits per heavy atom. The quantitative estimate of drug-likeness (QED) is 0.683. The number of aryl methyl sites for hydroxylation is 2. The second kappa shape index (κ2) is 8.56. The summed E-state index contributed by atoms with van der Waals surface area (Å²) in [4.78, 5) is 22.3. The van der Waals surface area contributed by atoms with Gasteiger partial charge in [0.05, 0.1) is 42.4 Å². The first-order valence-corrected chi connectivity index (χ1v) is 10.6. The van der Waals surface area contributed by atoms with Gasteiger partial charge in [-0.15, -0.1) is 0 Å². The van der Waals surface area contributed by atoms with E-state index in [2.05, 4.69) is 33.6 Å². The van der Waals surface area contributed by atoms with Crippen molar-refractivity contribution in [3.8, 4) is 17.2 Å². The highest BCUT2D eigenvalue weighted by molar-refractivity contribution is 5.95.